The van der Waals surface area contributed by atoms with Crippen LogP contribution in [-0.2, 0) is 6.42 Å². The molecule has 1 aromatic rings. The van der Waals surface area contributed by atoms with Crippen LogP contribution < -0.4 is 10.3 Å². The van der Waals surface area contributed by atoms with Gasteiger partial charge in [-0.3, -0.25) is 9.78 Å². The first-order chi connectivity index (χ1) is 6.90. The monoisotopic (exact) mass is 218 g/mol. The average molecular weight is 218 g/mol. The maximum absolute atomic E-state index is 11.8. The molecule has 0 spiro atoms. The number of nitrogens with one attached hydrogen (secondary N) is 1. The number of aromatic amines is 1. The zero-order chi connectivity index (χ0) is 11.5. The Hall–Kier alpha value is -1.97. The van der Waals surface area contributed by atoms with Crippen LogP contribution in [0.5, 0.6) is 5.88 Å². The molecule has 1 rings (SSSR count). The van der Waals surface area contributed by atoms with Gasteiger partial charge >= 0.3 is 6.36 Å². The van der Waals surface area contributed by atoms with Crippen molar-refractivity contribution in [3.05, 3.63) is 28.0 Å². The molecule has 0 radical (unpaired) electrons. The fraction of sp³-hybridized carbons (Fsp3) is 0.250. The second-order valence-corrected chi connectivity index (χ2v) is 2.60. The normalized spacial score (nSPS) is 10.8. The summed E-state index contributed by atoms with van der Waals surface area (Å²) in [6.07, 6.45) is -5.02. The maximum atomic E-state index is 11.8. The molecule has 0 amide bonds. The number of ether oxygens (including phenoxy) is 1. The summed E-state index contributed by atoms with van der Waals surface area (Å²) in [5.74, 6) is -0.722. The molecule has 0 atom stereocenters. The molecule has 4 nitrogen and oxygen atoms in total. The molecule has 7 heteroatoms. The smallest absolute Gasteiger partial charge is 0.390 e. The molecule has 0 saturated heterocycles. The standard InChI is InChI=1S/C8H5F3N2O2/c9-8(10,11)15-7-4-5(1-2-12)3-6(14)13-7/h3-4H,1H2,(H,13,14). The van der Waals surface area contributed by atoms with Crippen molar-refractivity contribution in [2.75, 3.05) is 0 Å². The number of alkyl halides is 3. The van der Waals surface area contributed by atoms with Crippen LogP contribution >= 0.6 is 0 Å². The van der Waals surface area contributed by atoms with Gasteiger partial charge in [0.1, 0.15) is 0 Å². The second-order valence-electron chi connectivity index (χ2n) is 2.60. The molecule has 1 N–H and O–H groups in total. The number of nitrogens with zero attached hydrogens (tertiary/aromatic N) is 1. The molecule has 0 aromatic carbocycles. The Morgan fingerprint density at radius 1 is 1.47 bits per heavy atom. The van der Waals surface area contributed by atoms with Crippen LogP contribution in [0.2, 0.25) is 0 Å². The summed E-state index contributed by atoms with van der Waals surface area (Å²) >= 11 is 0. The van der Waals surface area contributed by atoms with Gasteiger partial charge in [-0.05, 0) is 5.56 Å². The predicted molar refractivity (Wildman–Crippen MR) is 43.1 cm³/mol. The SMILES string of the molecule is N#CCc1cc(OC(F)(F)F)[nH]c(=O)c1. The van der Waals surface area contributed by atoms with Crippen molar-refractivity contribution in [3.63, 3.8) is 0 Å². The average Bonchev–Trinajstić information content (AvgIpc) is 1.99. The molecular weight excluding hydrogens is 213 g/mol. The topological polar surface area (TPSA) is 65.9 Å². The van der Waals surface area contributed by atoms with Crippen molar-refractivity contribution < 1.29 is 17.9 Å². The van der Waals surface area contributed by atoms with E-state index in [-0.39, 0.29) is 12.0 Å². The molecular formula is C8H5F3N2O2. The van der Waals surface area contributed by atoms with E-state index in [0.29, 0.717) is 0 Å². The Kier molecular flexibility index (Phi) is 2.99. The molecule has 0 aliphatic heterocycles. The fourth-order valence-corrected chi connectivity index (χ4v) is 0.945. The first kappa shape index (κ1) is 11.1. The molecule has 1 heterocycles. The Bertz CT molecular complexity index is 444. The highest BCUT2D eigenvalue weighted by Gasteiger charge is 2.31. The largest absolute Gasteiger partial charge is 0.574 e. The van der Waals surface area contributed by atoms with Crippen molar-refractivity contribution in [1.29, 1.82) is 5.26 Å². The Labute approximate surface area is 81.9 Å². The Morgan fingerprint density at radius 2 is 2.13 bits per heavy atom. The summed E-state index contributed by atoms with van der Waals surface area (Å²) in [6.45, 7) is 0. The van der Waals surface area contributed by atoms with Gasteiger partial charge in [0.15, 0.2) is 0 Å². The van der Waals surface area contributed by atoms with E-state index in [2.05, 4.69) is 4.74 Å². The van der Waals surface area contributed by atoms with Crippen LogP contribution in [0.3, 0.4) is 0 Å². The summed E-state index contributed by atoms with van der Waals surface area (Å²) < 4.78 is 38.8. The van der Waals surface area contributed by atoms with E-state index in [4.69, 9.17) is 5.26 Å². The minimum absolute atomic E-state index is 0.155. The fourth-order valence-electron chi connectivity index (χ4n) is 0.945. The van der Waals surface area contributed by atoms with Gasteiger partial charge in [0.05, 0.1) is 12.5 Å². The first-order valence-corrected chi connectivity index (χ1v) is 3.76. The summed E-state index contributed by atoms with van der Waals surface area (Å²) in [5, 5.41) is 8.31. The summed E-state index contributed by atoms with van der Waals surface area (Å²) in [5.41, 5.74) is -0.581. The zero-order valence-electron chi connectivity index (χ0n) is 7.26. The van der Waals surface area contributed by atoms with Crippen molar-refractivity contribution in [2.24, 2.45) is 0 Å². The molecule has 15 heavy (non-hydrogen) atoms. The summed E-state index contributed by atoms with van der Waals surface area (Å²) in [7, 11) is 0. The first-order valence-electron chi connectivity index (χ1n) is 3.76. The third-order valence-corrected chi connectivity index (χ3v) is 1.39. The molecule has 1 aromatic heterocycles. The quantitative estimate of drug-likeness (QED) is 0.814. The van der Waals surface area contributed by atoms with Gasteiger partial charge in [0, 0.05) is 12.1 Å². The van der Waals surface area contributed by atoms with Gasteiger partial charge in [0.25, 0.3) is 5.56 Å². The third-order valence-electron chi connectivity index (χ3n) is 1.39. The molecule has 0 saturated carbocycles. The Balaban J connectivity index is 3.00. The van der Waals surface area contributed by atoms with Crippen LogP contribution in [0.25, 0.3) is 0 Å². The lowest BCUT2D eigenvalue weighted by Crippen LogP contribution is -2.20. The minimum Gasteiger partial charge on any atom is -0.390 e. The number of halogens is 3. The highest BCUT2D eigenvalue weighted by atomic mass is 19.4. The van der Waals surface area contributed by atoms with Crippen molar-refractivity contribution in [1.82, 2.24) is 4.98 Å². The molecule has 0 unspecified atom stereocenters. The van der Waals surface area contributed by atoms with Crippen LogP contribution in [0.1, 0.15) is 5.56 Å². The number of H-pyrrole nitrogens is 1. The predicted octanol–water partition coefficient (Wildman–Crippen LogP) is 1.34. The van der Waals surface area contributed by atoms with E-state index in [0.717, 1.165) is 12.1 Å². The number of rotatable bonds is 2. The van der Waals surface area contributed by atoms with Gasteiger partial charge in [0.2, 0.25) is 5.88 Å². The van der Waals surface area contributed by atoms with E-state index in [1.807, 2.05) is 4.98 Å². The van der Waals surface area contributed by atoms with E-state index >= 15 is 0 Å². The number of pyridine rings is 1. The lowest BCUT2D eigenvalue weighted by molar-refractivity contribution is -0.276. The van der Waals surface area contributed by atoms with Crippen LogP contribution in [0.15, 0.2) is 16.9 Å². The van der Waals surface area contributed by atoms with Gasteiger partial charge in [-0.25, -0.2) is 0 Å². The molecule has 0 aliphatic rings. The van der Waals surface area contributed by atoms with E-state index in [1.54, 1.807) is 6.07 Å². The number of hydrogen-bond acceptors (Lipinski definition) is 3. The lowest BCUT2D eigenvalue weighted by atomic mass is 10.2. The van der Waals surface area contributed by atoms with Gasteiger partial charge in [-0.1, -0.05) is 0 Å². The van der Waals surface area contributed by atoms with Gasteiger partial charge in [-0.15, -0.1) is 13.2 Å². The molecule has 0 bridgehead atoms. The number of hydrogen-bond donors (Lipinski definition) is 1. The van der Waals surface area contributed by atoms with E-state index in [1.165, 1.54) is 0 Å². The van der Waals surface area contributed by atoms with Gasteiger partial charge < -0.3 is 4.74 Å². The van der Waals surface area contributed by atoms with Gasteiger partial charge in [-0.2, -0.15) is 5.26 Å². The molecule has 80 valence electrons. The van der Waals surface area contributed by atoms with E-state index in [9.17, 15) is 18.0 Å². The lowest BCUT2D eigenvalue weighted by Gasteiger charge is -2.08. The van der Waals surface area contributed by atoms with Crippen LogP contribution in [0, 0.1) is 11.3 Å². The minimum atomic E-state index is -4.87. The second kappa shape index (κ2) is 4.04. The van der Waals surface area contributed by atoms with Crippen LogP contribution in [-0.4, -0.2) is 11.3 Å². The van der Waals surface area contributed by atoms with Crippen molar-refractivity contribution in [3.8, 4) is 11.9 Å². The zero-order valence-corrected chi connectivity index (χ0v) is 7.26. The highest BCUT2D eigenvalue weighted by molar-refractivity contribution is 5.23. The molecule has 0 aliphatic carbocycles. The van der Waals surface area contributed by atoms with E-state index < -0.39 is 17.8 Å². The van der Waals surface area contributed by atoms with Crippen molar-refractivity contribution in [2.45, 2.75) is 12.8 Å². The third kappa shape index (κ3) is 3.72. The molecule has 0 fully saturated rings. The Morgan fingerprint density at radius 3 is 2.67 bits per heavy atom. The maximum Gasteiger partial charge on any atom is 0.574 e. The number of nitriles is 1. The highest BCUT2D eigenvalue weighted by Crippen LogP contribution is 2.20. The number of aromatic nitrogens is 1. The summed E-state index contributed by atoms with van der Waals surface area (Å²) in [4.78, 5) is 12.7. The van der Waals surface area contributed by atoms with Crippen LogP contribution in [0.4, 0.5) is 13.2 Å². The van der Waals surface area contributed by atoms with Crippen molar-refractivity contribution >= 4 is 0 Å². The summed E-state index contributed by atoms with van der Waals surface area (Å²) in [6, 6.07) is 3.70.